The SMILES string of the molecule is O=c1[nH]c2cccc3c4c(-c5cccs5)c(=O)[nH]c5cccc(c(c1-c1cccs1)c23)c54. The summed E-state index contributed by atoms with van der Waals surface area (Å²) in [6, 6.07) is 19.8. The molecule has 0 saturated heterocycles. The molecule has 4 aromatic heterocycles. The summed E-state index contributed by atoms with van der Waals surface area (Å²) in [6.45, 7) is 0. The Hall–Kier alpha value is -3.74. The molecule has 152 valence electrons. The van der Waals surface area contributed by atoms with Crippen LogP contribution in [0.5, 0.6) is 0 Å². The number of pyridine rings is 2. The maximum atomic E-state index is 13.3. The van der Waals surface area contributed by atoms with E-state index in [1.54, 1.807) is 22.7 Å². The van der Waals surface area contributed by atoms with E-state index in [0.717, 1.165) is 53.1 Å². The fraction of sp³-hybridized carbons (Fsp3) is 0. The summed E-state index contributed by atoms with van der Waals surface area (Å²) in [7, 11) is 0. The highest BCUT2D eigenvalue weighted by Gasteiger charge is 2.23. The van der Waals surface area contributed by atoms with Crippen molar-refractivity contribution in [3.63, 3.8) is 0 Å². The lowest BCUT2D eigenvalue weighted by molar-refractivity contribution is 1.32. The Kier molecular flexibility index (Phi) is 3.57. The van der Waals surface area contributed by atoms with Crippen molar-refractivity contribution in [3.8, 4) is 20.9 Å². The number of aromatic nitrogens is 2. The fourth-order valence-corrected chi connectivity index (χ4v) is 6.51. The van der Waals surface area contributed by atoms with Gasteiger partial charge >= 0.3 is 0 Å². The minimum absolute atomic E-state index is 0.101. The first kappa shape index (κ1) is 17.9. The van der Waals surface area contributed by atoms with Crippen molar-refractivity contribution in [1.82, 2.24) is 9.97 Å². The number of benzene rings is 3. The van der Waals surface area contributed by atoms with Crippen LogP contribution in [0.1, 0.15) is 0 Å². The third-order valence-electron chi connectivity index (χ3n) is 6.15. The Labute approximate surface area is 188 Å². The highest BCUT2D eigenvalue weighted by atomic mass is 32.1. The van der Waals surface area contributed by atoms with Crippen LogP contribution in [0.2, 0.25) is 0 Å². The number of rotatable bonds is 2. The molecule has 0 aliphatic carbocycles. The first-order chi connectivity index (χ1) is 15.7. The van der Waals surface area contributed by atoms with Crippen molar-refractivity contribution in [2.75, 3.05) is 0 Å². The quantitative estimate of drug-likeness (QED) is 0.231. The van der Waals surface area contributed by atoms with Crippen molar-refractivity contribution in [1.29, 1.82) is 0 Å². The van der Waals surface area contributed by atoms with E-state index in [1.807, 2.05) is 59.3 Å². The fourth-order valence-electron chi connectivity index (χ4n) is 4.97. The van der Waals surface area contributed by atoms with Crippen LogP contribution < -0.4 is 11.1 Å². The van der Waals surface area contributed by atoms with Crippen LogP contribution >= 0.6 is 22.7 Å². The molecule has 32 heavy (non-hydrogen) atoms. The number of aromatic amines is 2. The molecule has 6 heteroatoms. The molecule has 0 fully saturated rings. The number of hydrogen-bond acceptors (Lipinski definition) is 4. The van der Waals surface area contributed by atoms with Crippen LogP contribution in [0.25, 0.3) is 64.2 Å². The van der Waals surface area contributed by atoms with Gasteiger partial charge in [0.2, 0.25) is 0 Å². The Morgan fingerprint density at radius 1 is 0.531 bits per heavy atom. The van der Waals surface area contributed by atoms with Crippen LogP contribution in [0.4, 0.5) is 0 Å². The monoisotopic (exact) mass is 450 g/mol. The van der Waals surface area contributed by atoms with Gasteiger partial charge in [0.05, 0.1) is 11.1 Å². The van der Waals surface area contributed by atoms with Gasteiger partial charge in [-0.3, -0.25) is 9.59 Å². The van der Waals surface area contributed by atoms with Gasteiger partial charge in [-0.1, -0.05) is 36.4 Å². The van der Waals surface area contributed by atoms with Crippen molar-refractivity contribution >= 4 is 66.0 Å². The minimum atomic E-state index is -0.101. The normalized spacial score (nSPS) is 12.0. The largest absolute Gasteiger partial charge is 0.321 e. The highest BCUT2D eigenvalue weighted by Crippen LogP contribution is 2.45. The molecule has 0 bridgehead atoms. The Morgan fingerprint density at radius 3 is 1.41 bits per heavy atom. The molecule has 2 N–H and O–H groups in total. The Morgan fingerprint density at radius 2 is 1.00 bits per heavy atom. The molecule has 7 aromatic rings. The summed E-state index contributed by atoms with van der Waals surface area (Å²) >= 11 is 3.11. The van der Waals surface area contributed by atoms with Crippen molar-refractivity contribution < 1.29 is 0 Å². The second-order valence-corrected chi connectivity index (χ2v) is 9.71. The predicted molar refractivity (Wildman–Crippen MR) is 136 cm³/mol. The van der Waals surface area contributed by atoms with Gasteiger partial charge in [0.25, 0.3) is 11.1 Å². The molecular weight excluding hydrogens is 436 g/mol. The zero-order chi connectivity index (χ0) is 21.4. The minimum Gasteiger partial charge on any atom is -0.321 e. The molecule has 0 atom stereocenters. The second kappa shape index (κ2) is 6.38. The number of fused-ring (bicyclic) bond motifs is 2. The van der Waals surface area contributed by atoms with Crippen molar-refractivity contribution in [2.45, 2.75) is 0 Å². The molecule has 4 heterocycles. The summed E-state index contributed by atoms with van der Waals surface area (Å²) in [5.41, 5.74) is 2.72. The molecule has 7 rings (SSSR count). The highest BCUT2D eigenvalue weighted by molar-refractivity contribution is 7.14. The molecule has 4 nitrogen and oxygen atoms in total. The van der Waals surface area contributed by atoms with Gasteiger partial charge < -0.3 is 9.97 Å². The second-order valence-electron chi connectivity index (χ2n) is 7.82. The molecule has 0 radical (unpaired) electrons. The molecule has 0 amide bonds. The molecule has 0 aliphatic rings. The molecular formula is C26H14N2O2S2. The maximum Gasteiger partial charge on any atom is 0.257 e. The van der Waals surface area contributed by atoms with Crippen LogP contribution in [-0.2, 0) is 0 Å². The number of thiophene rings is 2. The van der Waals surface area contributed by atoms with E-state index in [2.05, 4.69) is 22.1 Å². The third kappa shape index (κ3) is 2.25. The summed E-state index contributed by atoms with van der Waals surface area (Å²) in [4.78, 5) is 34.6. The average Bonchev–Trinajstić information content (AvgIpc) is 3.50. The lowest BCUT2D eigenvalue weighted by Crippen LogP contribution is -2.12. The average molecular weight is 451 g/mol. The van der Waals surface area contributed by atoms with E-state index in [-0.39, 0.29) is 11.1 Å². The van der Waals surface area contributed by atoms with E-state index >= 15 is 0 Å². The van der Waals surface area contributed by atoms with Gasteiger partial charge in [-0.25, -0.2) is 0 Å². The summed E-state index contributed by atoms with van der Waals surface area (Å²) < 4.78 is 0. The van der Waals surface area contributed by atoms with E-state index < -0.39 is 0 Å². The molecule has 0 saturated carbocycles. The zero-order valence-electron chi connectivity index (χ0n) is 16.6. The maximum absolute atomic E-state index is 13.3. The molecule has 0 unspecified atom stereocenters. The van der Waals surface area contributed by atoms with Crippen LogP contribution in [0.15, 0.2) is 81.0 Å². The number of H-pyrrole nitrogens is 2. The van der Waals surface area contributed by atoms with Crippen LogP contribution in [0.3, 0.4) is 0 Å². The first-order valence-corrected chi connectivity index (χ1v) is 11.9. The molecule has 0 aliphatic heterocycles. The summed E-state index contributed by atoms with van der Waals surface area (Å²) in [5, 5.41) is 9.77. The van der Waals surface area contributed by atoms with Gasteiger partial charge in [0.1, 0.15) is 0 Å². The van der Waals surface area contributed by atoms with E-state index in [1.165, 1.54) is 0 Å². The zero-order valence-corrected chi connectivity index (χ0v) is 18.2. The third-order valence-corrected chi connectivity index (χ3v) is 7.93. The van der Waals surface area contributed by atoms with Gasteiger partial charge in [0, 0.05) is 42.3 Å². The van der Waals surface area contributed by atoms with Crippen LogP contribution in [0, 0.1) is 0 Å². The predicted octanol–water partition coefficient (Wildman–Crippen LogP) is 6.57. The number of hydrogen-bond donors (Lipinski definition) is 2. The van der Waals surface area contributed by atoms with E-state index in [4.69, 9.17) is 0 Å². The van der Waals surface area contributed by atoms with Gasteiger partial charge in [-0.15, -0.1) is 22.7 Å². The van der Waals surface area contributed by atoms with Crippen molar-refractivity contribution in [2.24, 2.45) is 0 Å². The molecule has 0 spiro atoms. The standard InChI is InChI=1S/C26H14N2O2S2/c29-25-24(18-10-4-12-32-18)22-14-6-2-8-16-20(14)21(13-5-1-7-15(27-25)19(13)22)23(26(30)28-16)17-9-3-11-31-17/h1-12H,(H,27,29)(H,28,30). The Balaban J connectivity index is 1.88. The summed E-state index contributed by atoms with van der Waals surface area (Å²) in [5.74, 6) is 0. The van der Waals surface area contributed by atoms with Crippen molar-refractivity contribution in [3.05, 3.63) is 92.1 Å². The van der Waals surface area contributed by atoms with Crippen LogP contribution in [-0.4, -0.2) is 9.97 Å². The lowest BCUT2D eigenvalue weighted by atomic mass is 9.88. The van der Waals surface area contributed by atoms with E-state index in [0.29, 0.717) is 11.1 Å². The van der Waals surface area contributed by atoms with Gasteiger partial charge in [-0.05, 0) is 45.8 Å². The Bertz CT molecular complexity index is 1770. The summed E-state index contributed by atoms with van der Waals surface area (Å²) in [6.07, 6.45) is 0. The van der Waals surface area contributed by atoms with Gasteiger partial charge in [0.15, 0.2) is 0 Å². The lowest BCUT2D eigenvalue weighted by Gasteiger charge is -2.17. The smallest absolute Gasteiger partial charge is 0.257 e. The van der Waals surface area contributed by atoms with Gasteiger partial charge in [-0.2, -0.15) is 0 Å². The first-order valence-electron chi connectivity index (χ1n) is 10.2. The van der Waals surface area contributed by atoms with E-state index in [9.17, 15) is 9.59 Å². The molecule has 3 aromatic carbocycles. The number of nitrogens with one attached hydrogen (secondary N) is 2. The topological polar surface area (TPSA) is 65.7 Å².